The topological polar surface area (TPSA) is 90.9 Å². The summed E-state index contributed by atoms with van der Waals surface area (Å²) in [6, 6.07) is 6.76. The summed E-state index contributed by atoms with van der Waals surface area (Å²) in [5.41, 5.74) is 7.27. The molecule has 2 rings (SSSR count). The van der Waals surface area contributed by atoms with Gasteiger partial charge in [0.1, 0.15) is 0 Å². The van der Waals surface area contributed by atoms with E-state index >= 15 is 0 Å². The summed E-state index contributed by atoms with van der Waals surface area (Å²) in [5, 5.41) is 7.99. The predicted octanol–water partition coefficient (Wildman–Crippen LogP) is 1.07. The Morgan fingerprint density at radius 1 is 1.19 bits per heavy atom. The standard InChI is InChI=1S/C12H16N4O2S.2ClH/c1-19(17,18)12-4-2-10(3-5-12)8-16-9-11(6-7-13)14-15-16;;/h2-5,9H,6-8,13H2,1H3;2*1H. The minimum Gasteiger partial charge on any atom is -0.330 e. The molecule has 2 N–H and O–H groups in total. The lowest BCUT2D eigenvalue weighted by atomic mass is 10.2. The maximum atomic E-state index is 11.3. The fourth-order valence-corrected chi connectivity index (χ4v) is 2.34. The number of nitrogens with two attached hydrogens (primary N) is 1. The van der Waals surface area contributed by atoms with Crippen LogP contribution >= 0.6 is 24.8 Å². The summed E-state index contributed by atoms with van der Waals surface area (Å²) >= 11 is 0. The second kappa shape index (κ2) is 8.33. The zero-order valence-corrected chi connectivity index (χ0v) is 13.9. The van der Waals surface area contributed by atoms with Gasteiger partial charge in [0.05, 0.1) is 17.1 Å². The summed E-state index contributed by atoms with van der Waals surface area (Å²) in [7, 11) is -3.14. The number of hydrogen-bond donors (Lipinski definition) is 1. The Kier molecular flexibility index (Phi) is 7.87. The van der Waals surface area contributed by atoms with Crippen LogP contribution in [0.2, 0.25) is 0 Å². The van der Waals surface area contributed by atoms with Crippen LogP contribution in [0.5, 0.6) is 0 Å². The fraction of sp³-hybridized carbons (Fsp3) is 0.333. The van der Waals surface area contributed by atoms with Crippen LogP contribution in [0, 0.1) is 0 Å². The first-order valence-corrected chi connectivity index (χ1v) is 7.76. The quantitative estimate of drug-likeness (QED) is 0.868. The van der Waals surface area contributed by atoms with E-state index in [0.29, 0.717) is 24.4 Å². The van der Waals surface area contributed by atoms with Crippen molar-refractivity contribution in [1.29, 1.82) is 0 Å². The lowest BCUT2D eigenvalue weighted by Crippen LogP contribution is -2.03. The highest BCUT2D eigenvalue weighted by Crippen LogP contribution is 2.11. The number of rotatable bonds is 5. The van der Waals surface area contributed by atoms with Crippen LogP contribution in [0.1, 0.15) is 11.3 Å². The van der Waals surface area contributed by atoms with E-state index in [0.717, 1.165) is 11.3 Å². The van der Waals surface area contributed by atoms with Crippen LogP contribution in [0.15, 0.2) is 35.4 Å². The van der Waals surface area contributed by atoms with Crippen molar-refractivity contribution in [2.45, 2.75) is 17.9 Å². The molecule has 1 heterocycles. The monoisotopic (exact) mass is 352 g/mol. The third kappa shape index (κ3) is 5.62. The van der Waals surface area contributed by atoms with Crippen molar-refractivity contribution in [3.63, 3.8) is 0 Å². The lowest BCUT2D eigenvalue weighted by Gasteiger charge is -2.02. The lowest BCUT2D eigenvalue weighted by molar-refractivity contribution is 0.601. The molecule has 0 atom stereocenters. The van der Waals surface area contributed by atoms with Crippen molar-refractivity contribution in [2.24, 2.45) is 5.73 Å². The molecule has 0 saturated carbocycles. The van der Waals surface area contributed by atoms with E-state index in [9.17, 15) is 8.42 Å². The first-order valence-electron chi connectivity index (χ1n) is 5.87. The van der Waals surface area contributed by atoms with Gasteiger partial charge < -0.3 is 5.73 Å². The molecule has 0 aliphatic carbocycles. The van der Waals surface area contributed by atoms with E-state index in [1.54, 1.807) is 28.9 Å². The maximum Gasteiger partial charge on any atom is 0.175 e. The van der Waals surface area contributed by atoms with Gasteiger partial charge >= 0.3 is 0 Å². The normalized spacial score (nSPS) is 10.6. The molecule has 9 heteroatoms. The molecule has 0 aliphatic rings. The Morgan fingerprint density at radius 3 is 2.33 bits per heavy atom. The average Bonchev–Trinajstić information content (AvgIpc) is 2.77. The molecule has 0 unspecified atom stereocenters. The van der Waals surface area contributed by atoms with Crippen LogP contribution in [0.4, 0.5) is 0 Å². The van der Waals surface area contributed by atoms with Gasteiger partial charge in [-0.05, 0) is 24.2 Å². The van der Waals surface area contributed by atoms with Crippen molar-refractivity contribution >= 4 is 34.7 Å². The van der Waals surface area contributed by atoms with Gasteiger partial charge in [0.25, 0.3) is 0 Å². The smallest absolute Gasteiger partial charge is 0.175 e. The van der Waals surface area contributed by atoms with Gasteiger partial charge in [0.15, 0.2) is 9.84 Å². The van der Waals surface area contributed by atoms with Gasteiger partial charge in [0, 0.05) is 18.9 Å². The Labute approximate surface area is 136 Å². The highest BCUT2D eigenvalue weighted by molar-refractivity contribution is 7.90. The van der Waals surface area contributed by atoms with Gasteiger partial charge in [-0.2, -0.15) is 0 Å². The van der Waals surface area contributed by atoms with Crippen LogP contribution in [-0.2, 0) is 22.8 Å². The number of nitrogens with zero attached hydrogens (tertiary/aromatic N) is 3. The molecule has 6 nitrogen and oxygen atoms in total. The van der Waals surface area contributed by atoms with E-state index in [4.69, 9.17) is 5.73 Å². The summed E-state index contributed by atoms with van der Waals surface area (Å²) in [6.45, 7) is 1.10. The highest BCUT2D eigenvalue weighted by atomic mass is 35.5. The minimum absolute atomic E-state index is 0. The van der Waals surface area contributed by atoms with Gasteiger partial charge in [-0.1, -0.05) is 17.3 Å². The second-order valence-electron chi connectivity index (χ2n) is 4.36. The van der Waals surface area contributed by atoms with Crippen molar-refractivity contribution in [1.82, 2.24) is 15.0 Å². The van der Waals surface area contributed by atoms with Gasteiger partial charge in [-0.15, -0.1) is 29.9 Å². The first-order chi connectivity index (χ1) is 8.99. The molecule has 2 aromatic rings. The zero-order valence-electron chi connectivity index (χ0n) is 11.5. The molecule has 118 valence electrons. The van der Waals surface area contributed by atoms with E-state index < -0.39 is 9.84 Å². The van der Waals surface area contributed by atoms with Crippen LogP contribution < -0.4 is 5.73 Å². The number of halogens is 2. The highest BCUT2D eigenvalue weighted by Gasteiger charge is 2.06. The molecular formula is C12H18Cl2N4O2S. The van der Waals surface area contributed by atoms with Crippen molar-refractivity contribution in [3.05, 3.63) is 41.7 Å². The summed E-state index contributed by atoms with van der Waals surface area (Å²) in [6.07, 6.45) is 3.74. The predicted molar refractivity (Wildman–Crippen MR) is 85.9 cm³/mol. The molecule has 1 aromatic heterocycles. The molecule has 0 aliphatic heterocycles. The fourth-order valence-electron chi connectivity index (χ4n) is 1.71. The Bertz CT molecular complexity index is 656. The van der Waals surface area contributed by atoms with Gasteiger partial charge in [-0.25, -0.2) is 13.1 Å². The summed E-state index contributed by atoms with van der Waals surface area (Å²) in [4.78, 5) is 0.318. The van der Waals surface area contributed by atoms with E-state index in [-0.39, 0.29) is 24.8 Å². The Morgan fingerprint density at radius 2 is 1.81 bits per heavy atom. The molecule has 1 aromatic carbocycles. The van der Waals surface area contributed by atoms with Crippen LogP contribution in [0.3, 0.4) is 0 Å². The third-order valence-electron chi connectivity index (χ3n) is 2.68. The summed E-state index contributed by atoms with van der Waals surface area (Å²) < 4.78 is 24.4. The zero-order chi connectivity index (χ0) is 13.9. The summed E-state index contributed by atoms with van der Waals surface area (Å²) in [5.74, 6) is 0. The number of aromatic nitrogens is 3. The SMILES string of the molecule is CS(=O)(=O)c1ccc(Cn2cc(CCN)nn2)cc1.Cl.Cl. The number of hydrogen-bond acceptors (Lipinski definition) is 5. The Balaban J connectivity index is 0.00000200. The van der Waals surface area contributed by atoms with E-state index in [1.165, 1.54) is 6.26 Å². The number of benzene rings is 1. The van der Waals surface area contributed by atoms with E-state index in [1.807, 2.05) is 6.20 Å². The molecule has 21 heavy (non-hydrogen) atoms. The second-order valence-corrected chi connectivity index (χ2v) is 6.38. The maximum absolute atomic E-state index is 11.3. The molecular weight excluding hydrogens is 335 g/mol. The van der Waals surface area contributed by atoms with Gasteiger partial charge in [-0.3, -0.25) is 0 Å². The molecule has 0 bridgehead atoms. The molecule has 0 saturated heterocycles. The Hall–Kier alpha value is -1.15. The average molecular weight is 353 g/mol. The van der Waals surface area contributed by atoms with Crippen molar-refractivity contribution in [3.8, 4) is 0 Å². The largest absolute Gasteiger partial charge is 0.330 e. The van der Waals surface area contributed by atoms with Crippen LogP contribution in [-0.4, -0.2) is 36.2 Å². The van der Waals surface area contributed by atoms with Crippen molar-refractivity contribution in [2.75, 3.05) is 12.8 Å². The minimum atomic E-state index is -3.14. The first kappa shape index (κ1) is 19.9. The molecule has 0 radical (unpaired) electrons. The third-order valence-corrected chi connectivity index (χ3v) is 3.81. The molecule has 0 amide bonds. The van der Waals surface area contributed by atoms with E-state index in [2.05, 4.69) is 10.3 Å². The number of sulfone groups is 1. The molecule has 0 spiro atoms. The van der Waals surface area contributed by atoms with Gasteiger partial charge in [0.2, 0.25) is 0 Å². The van der Waals surface area contributed by atoms with Crippen LogP contribution in [0.25, 0.3) is 0 Å². The molecule has 0 fully saturated rings. The van der Waals surface area contributed by atoms with Crippen molar-refractivity contribution < 1.29 is 8.42 Å².